The molecule has 0 N–H and O–H groups in total. The maximum atomic E-state index is 10.2. The summed E-state index contributed by atoms with van der Waals surface area (Å²) in [6.45, 7) is 0.0712. The van der Waals surface area contributed by atoms with Crippen LogP contribution in [0.15, 0.2) is 36.4 Å². The van der Waals surface area contributed by atoms with Gasteiger partial charge in [-0.3, -0.25) is 4.79 Å². The van der Waals surface area contributed by atoms with Gasteiger partial charge >= 0.3 is 0 Å². The van der Waals surface area contributed by atoms with E-state index >= 15 is 0 Å². The summed E-state index contributed by atoms with van der Waals surface area (Å²) in [6, 6.07) is 11.2. The van der Waals surface area contributed by atoms with Gasteiger partial charge in [0.05, 0.1) is 0 Å². The highest BCUT2D eigenvalue weighted by atomic mass is 35.5. The Morgan fingerprint density at radius 2 is 2.13 bits per heavy atom. The van der Waals surface area contributed by atoms with Crippen molar-refractivity contribution in [1.29, 1.82) is 0 Å². The normalized spacial score (nSPS) is 10.2. The lowest BCUT2D eigenvalue weighted by Gasteiger charge is -2.06. The maximum absolute atomic E-state index is 10.2. The fourth-order valence-electron chi connectivity index (χ4n) is 1.47. The van der Waals surface area contributed by atoms with Gasteiger partial charge in [-0.05, 0) is 29.7 Å². The van der Waals surface area contributed by atoms with Gasteiger partial charge in [-0.1, -0.05) is 23.7 Å². The van der Waals surface area contributed by atoms with Gasteiger partial charge in [-0.25, -0.2) is 0 Å². The van der Waals surface area contributed by atoms with Crippen LogP contribution in [0.25, 0.3) is 10.8 Å². The number of halogens is 1. The molecule has 2 rings (SSSR count). The number of benzene rings is 2. The van der Waals surface area contributed by atoms with Gasteiger partial charge in [0.2, 0.25) is 0 Å². The predicted octanol–water partition coefficient (Wildman–Crippen LogP) is 3.07. The van der Waals surface area contributed by atoms with Crippen molar-refractivity contribution >= 4 is 28.7 Å². The first-order valence-corrected chi connectivity index (χ1v) is 4.94. The third-order valence-electron chi connectivity index (χ3n) is 2.11. The van der Waals surface area contributed by atoms with Gasteiger partial charge in [0.1, 0.15) is 12.4 Å². The van der Waals surface area contributed by atoms with Crippen molar-refractivity contribution in [3.8, 4) is 5.75 Å². The predicted molar refractivity (Wildman–Crippen MR) is 60.5 cm³/mol. The zero-order chi connectivity index (χ0) is 10.7. The second kappa shape index (κ2) is 4.32. The van der Waals surface area contributed by atoms with Gasteiger partial charge in [-0.2, -0.15) is 0 Å². The molecule has 0 bridgehead atoms. The average molecular weight is 221 g/mol. The number of rotatable bonds is 3. The molecule has 0 amide bonds. The fourth-order valence-corrected chi connectivity index (χ4v) is 1.66. The number of fused-ring (bicyclic) bond motifs is 1. The van der Waals surface area contributed by atoms with Crippen LogP contribution in [0, 0.1) is 0 Å². The molecule has 0 heterocycles. The molecule has 2 aromatic carbocycles. The Bertz CT molecular complexity index is 494. The molecule has 3 heteroatoms. The largest absolute Gasteiger partial charge is 0.486 e. The summed E-state index contributed by atoms with van der Waals surface area (Å²) in [5.41, 5.74) is 0. The molecular weight excluding hydrogens is 212 g/mol. The lowest BCUT2D eigenvalue weighted by molar-refractivity contribution is -0.109. The van der Waals surface area contributed by atoms with Crippen LogP contribution in [-0.2, 0) is 4.79 Å². The van der Waals surface area contributed by atoms with Gasteiger partial charge < -0.3 is 4.74 Å². The number of hydrogen-bond acceptors (Lipinski definition) is 2. The van der Waals surface area contributed by atoms with Gasteiger partial charge in [-0.15, -0.1) is 0 Å². The van der Waals surface area contributed by atoms with E-state index in [4.69, 9.17) is 16.3 Å². The first-order chi connectivity index (χ1) is 7.31. The van der Waals surface area contributed by atoms with Crippen LogP contribution in [0.5, 0.6) is 5.75 Å². The molecule has 0 saturated carbocycles. The third kappa shape index (κ3) is 2.10. The van der Waals surface area contributed by atoms with Crippen LogP contribution in [0.1, 0.15) is 0 Å². The Hall–Kier alpha value is -1.54. The molecule has 0 fully saturated rings. The Kier molecular flexibility index (Phi) is 2.88. The van der Waals surface area contributed by atoms with Crippen LogP contribution in [-0.4, -0.2) is 12.9 Å². The minimum Gasteiger partial charge on any atom is -0.486 e. The highest BCUT2D eigenvalue weighted by molar-refractivity contribution is 6.31. The quantitative estimate of drug-likeness (QED) is 0.744. The minimum absolute atomic E-state index is 0.0712. The number of carbonyl (C=O) groups is 1. The van der Waals surface area contributed by atoms with E-state index in [1.807, 2.05) is 30.3 Å². The Labute approximate surface area is 92.4 Å². The molecule has 0 atom stereocenters. The molecule has 2 nitrogen and oxygen atoms in total. The summed E-state index contributed by atoms with van der Waals surface area (Å²) >= 11 is 5.88. The van der Waals surface area contributed by atoms with Crippen molar-refractivity contribution in [3.63, 3.8) is 0 Å². The SMILES string of the molecule is O=CCOc1cccc2cc(Cl)ccc12. The lowest BCUT2D eigenvalue weighted by atomic mass is 10.1. The van der Waals surface area contributed by atoms with Gasteiger partial charge in [0, 0.05) is 10.4 Å². The van der Waals surface area contributed by atoms with E-state index in [0.29, 0.717) is 10.8 Å². The maximum Gasteiger partial charge on any atom is 0.157 e. The van der Waals surface area contributed by atoms with Crippen LogP contribution in [0.2, 0.25) is 5.02 Å². The monoisotopic (exact) mass is 220 g/mol. The molecule has 0 unspecified atom stereocenters. The lowest BCUT2D eigenvalue weighted by Crippen LogP contribution is -1.97. The van der Waals surface area contributed by atoms with E-state index in [1.54, 1.807) is 6.07 Å². The van der Waals surface area contributed by atoms with Crippen molar-refractivity contribution in [2.24, 2.45) is 0 Å². The topological polar surface area (TPSA) is 26.3 Å². The van der Waals surface area contributed by atoms with Crippen LogP contribution in [0.3, 0.4) is 0 Å². The van der Waals surface area contributed by atoms with Crippen molar-refractivity contribution < 1.29 is 9.53 Å². The Balaban J connectivity index is 2.50. The molecule has 0 aliphatic heterocycles. The van der Waals surface area contributed by atoms with Crippen molar-refractivity contribution in [2.45, 2.75) is 0 Å². The molecule has 0 saturated heterocycles. The molecule has 0 aliphatic carbocycles. The van der Waals surface area contributed by atoms with E-state index in [-0.39, 0.29) is 6.61 Å². The summed E-state index contributed by atoms with van der Waals surface area (Å²) in [6.07, 6.45) is 0.731. The fraction of sp³-hybridized carbons (Fsp3) is 0.0833. The summed E-state index contributed by atoms with van der Waals surface area (Å²) in [7, 11) is 0. The summed E-state index contributed by atoms with van der Waals surface area (Å²) < 4.78 is 5.30. The first kappa shape index (κ1) is 9.99. The van der Waals surface area contributed by atoms with Crippen LogP contribution < -0.4 is 4.74 Å². The molecule has 0 radical (unpaired) electrons. The third-order valence-corrected chi connectivity index (χ3v) is 2.34. The van der Waals surface area contributed by atoms with E-state index in [9.17, 15) is 4.79 Å². The number of aldehydes is 1. The molecular formula is C12H9ClO2. The Morgan fingerprint density at radius 3 is 2.93 bits per heavy atom. The van der Waals surface area contributed by atoms with Gasteiger partial charge in [0.15, 0.2) is 6.29 Å². The second-order valence-corrected chi connectivity index (χ2v) is 3.54. The van der Waals surface area contributed by atoms with E-state index < -0.39 is 0 Å². The van der Waals surface area contributed by atoms with Gasteiger partial charge in [0.25, 0.3) is 0 Å². The number of hydrogen-bond donors (Lipinski definition) is 0. The highest BCUT2D eigenvalue weighted by Gasteiger charge is 2.01. The zero-order valence-electron chi connectivity index (χ0n) is 7.94. The second-order valence-electron chi connectivity index (χ2n) is 3.10. The van der Waals surface area contributed by atoms with Crippen molar-refractivity contribution in [1.82, 2.24) is 0 Å². The van der Waals surface area contributed by atoms with E-state index in [1.165, 1.54) is 0 Å². The highest BCUT2D eigenvalue weighted by Crippen LogP contribution is 2.27. The number of ether oxygens (including phenoxy) is 1. The molecule has 0 aromatic heterocycles. The van der Waals surface area contributed by atoms with Crippen molar-refractivity contribution in [2.75, 3.05) is 6.61 Å². The molecule has 0 spiro atoms. The van der Waals surface area contributed by atoms with Crippen LogP contribution in [0.4, 0.5) is 0 Å². The summed E-state index contributed by atoms with van der Waals surface area (Å²) in [5, 5.41) is 2.66. The molecule has 15 heavy (non-hydrogen) atoms. The van der Waals surface area contributed by atoms with Crippen molar-refractivity contribution in [3.05, 3.63) is 41.4 Å². The minimum atomic E-state index is 0.0712. The van der Waals surface area contributed by atoms with E-state index in [0.717, 1.165) is 17.1 Å². The summed E-state index contributed by atoms with van der Waals surface area (Å²) in [4.78, 5) is 10.2. The Morgan fingerprint density at radius 1 is 1.27 bits per heavy atom. The van der Waals surface area contributed by atoms with E-state index in [2.05, 4.69) is 0 Å². The standard InChI is InChI=1S/C12H9ClO2/c13-10-4-5-11-9(8-10)2-1-3-12(11)15-7-6-14/h1-6,8H,7H2. The molecule has 76 valence electrons. The number of carbonyl (C=O) groups excluding carboxylic acids is 1. The zero-order valence-corrected chi connectivity index (χ0v) is 8.70. The first-order valence-electron chi connectivity index (χ1n) is 4.56. The smallest absolute Gasteiger partial charge is 0.157 e. The summed E-state index contributed by atoms with van der Waals surface area (Å²) in [5.74, 6) is 0.705. The molecule has 2 aromatic rings. The van der Waals surface area contributed by atoms with Crippen LogP contribution >= 0.6 is 11.6 Å². The molecule has 0 aliphatic rings. The average Bonchev–Trinajstić information content (AvgIpc) is 2.25.